The summed E-state index contributed by atoms with van der Waals surface area (Å²) in [5.41, 5.74) is 4.51. The quantitative estimate of drug-likeness (QED) is 0.124. The lowest BCUT2D eigenvalue weighted by atomic mass is 10.1. The van der Waals surface area contributed by atoms with Crippen LogP contribution in [0.3, 0.4) is 0 Å². The van der Waals surface area contributed by atoms with Gasteiger partial charge in [0, 0.05) is 13.1 Å². The van der Waals surface area contributed by atoms with Crippen LogP contribution in [0.1, 0.15) is 13.2 Å². The van der Waals surface area contributed by atoms with Crippen molar-refractivity contribution in [3.63, 3.8) is 0 Å². The van der Waals surface area contributed by atoms with Gasteiger partial charge in [-0.2, -0.15) is 4.98 Å². The highest BCUT2D eigenvalue weighted by molar-refractivity contribution is 7.54. The molecule has 0 bridgehead atoms. The largest absolute Gasteiger partial charge is 0.473 e. The van der Waals surface area contributed by atoms with E-state index >= 15 is 0 Å². The number of para-hydroxylation sites is 1. The number of hydrogen-bond donors (Lipinski definition) is 8. The first-order valence-corrected chi connectivity index (χ1v) is 15.9. The number of phosphoric acid groups is 1. The Balaban J connectivity index is 1.50. The fraction of sp³-hybridized carbons (Fsp3) is 0.435. The monoisotopic (exact) mass is 664 g/mol. The standard InChI is InChI=1S/C23H30N4O15P2/c1-11(28)25-17-13(29)9-14(41-21(17)39-12-5-3-2-4-6-12)22(43(33,34)35)42-44(36,37)38-10-15-18(30)19(31)20(40-15)27-8-7-16(24)26-23(27)32/h2-9,13,15,17-22,29-31H,10H2,1H3,(H,25,28)(H,36,37)(H2,24,26,32)(H2,33,34,35)/t13-,15+,17+,18+,19+,20+,21-,22-/m0/s1. The number of aliphatic hydroxyl groups is 3. The second kappa shape index (κ2) is 13.4. The third-order valence-electron chi connectivity index (χ3n) is 6.26. The number of nitrogen functional groups attached to an aromatic ring is 1. The summed E-state index contributed by atoms with van der Waals surface area (Å²) in [4.78, 5) is 57.6. The predicted molar refractivity (Wildman–Crippen MR) is 145 cm³/mol. The molecule has 2 aromatic rings. The van der Waals surface area contributed by atoms with E-state index in [0.717, 1.165) is 23.8 Å². The number of hydrogen-bond acceptors (Lipinski definition) is 14. The number of ether oxygens (including phenoxy) is 3. The zero-order valence-corrected chi connectivity index (χ0v) is 24.5. The number of nitrogens with zero attached hydrogens (tertiary/aromatic N) is 2. The topological polar surface area (TPSA) is 292 Å². The Labute approximate surface area is 248 Å². The molecule has 2 aliphatic rings. The van der Waals surface area contributed by atoms with Crippen LogP contribution in [0.15, 0.2) is 59.2 Å². The molecule has 0 aliphatic carbocycles. The van der Waals surface area contributed by atoms with Gasteiger partial charge in [0.15, 0.2) is 6.23 Å². The zero-order valence-electron chi connectivity index (χ0n) is 22.7. The van der Waals surface area contributed by atoms with Gasteiger partial charge >= 0.3 is 21.1 Å². The van der Waals surface area contributed by atoms with Crippen LogP contribution >= 0.6 is 15.4 Å². The lowest BCUT2D eigenvalue weighted by Gasteiger charge is -2.37. The van der Waals surface area contributed by atoms with E-state index in [4.69, 9.17) is 29.0 Å². The molecule has 9 N–H and O–H groups in total. The third-order valence-corrected chi connectivity index (χ3v) is 8.35. The van der Waals surface area contributed by atoms with Gasteiger partial charge in [0.2, 0.25) is 11.8 Å². The zero-order chi connectivity index (χ0) is 32.4. The SMILES string of the molecule is CC(=O)N[C@H]1[C@@H](Oc2ccccc2)OC([C@@H](OP(=O)(O)OC[C@H]2O[C@@H](n3ccc(N)nc3=O)[C@H](O)[C@@H]2O)P(=O)(O)O)=C[C@@H]1O. The van der Waals surface area contributed by atoms with Crippen molar-refractivity contribution < 1.29 is 67.2 Å². The molecule has 1 unspecified atom stereocenters. The molecule has 1 saturated heterocycles. The summed E-state index contributed by atoms with van der Waals surface area (Å²) in [5.74, 6) is -3.99. The van der Waals surface area contributed by atoms with E-state index in [9.17, 15) is 48.7 Å². The molecule has 19 nitrogen and oxygen atoms in total. The Morgan fingerprint density at radius 1 is 1.14 bits per heavy atom. The molecule has 9 atom stereocenters. The Bertz CT molecular complexity index is 1520. The summed E-state index contributed by atoms with van der Waals surface area (Å²) in [6, 6.07) is 7.78. The minimum atomic E-state index is -5.51. The Hall–Kier alpha value is -3.19. The van der Waals surface area contributed by atoms with Crippen molar-refractivity contribution in [3.05, 3.63) is 64.9 Å². The Kier molecular flexibility index (Phi) is 10.3. The molecule has 21 heteroatoms. The highest BCUT2D eigenvalue weighted by Gasteiger charge is 2.49. The molecule has 1 amide bonds. The Morgan fingerprint density at radius 3 is 2.43 bits per heavy atom. The molecule has 4 rings (SSSR count). The molecule has 0 spiro atoms. The highest BCUT2D eigenvalue weighted by Crippen LogP contribution is 2.56. The number of rotatable bonds is 11. The van der Waals surface area contributed by atoms with Crippen molar-refractivity contribution >= 4 is 27.1 Å². The molecule has 0 radical (unpaired) electrons. The summed E-state index contributed by atoms with van der Waals surface area (Å²) in [6.07, 6.45) is -7.92. The van der Waals surface area contributed by atoms with E-state index in [1.807, 2.05) is 0 Å². The molecule has 3 heterocycles. The molecule has 0 saturated carbocycles. The van der Waals surface area contributed by atoms with E-state index in [-0.39, 0.29) is 11.6 Å². The summed E-state index contributed by atoms with van der Waals surface area (Å²) in [7, 11) is -10.9. The van der Waals surface area contributed by atoms with Gasteiger partial charge in [-0.25, -0.2) is 9.36 Å². The van der Waals surface area contributed by atoms with Gasteiger partial charge in [0.05, 0.1) is 6.61 Å². The second-order valence-corrected chi connectivity index (χ2v) is 12.7. The van der Waals surface area contributed by atoms with Crippen LogP contribution in [0.4, 0.5) is 5.82 Å². The first-order chi connectivity index (χ1) is 20.6. The number of aromatic nitrogens is 2. The van der Waals surface area contributed by atoms with Gasteiger partial charge in [-0.3, -0.25) is 23.0 Å². The smallest absolute Gasteiger partial charge is 0.454 e. The van der Waals surface area contributed by atoms with Crippen molar-refractivity contribution in [2.24, 2.45) is 0 Å². The van der Waals surface area contributed by atoms with Crippen molar-refractivity contribution in [1.82, 2.24) is 14.9 Å². The summed E-state index contributed by atoms with van der Waals surface area (Å²) >= 11 is 0. The van der Waals surface area contributed by atoms with Crippen LogP contribution in [0.2, 0.25) is 0 Å². The maximum atomic E-state index is 12.8. The number of nitrogens with one attached hydrogen (secondary N) is 1. The summed E-state index contributed by atoms with van der Waals surface area (Å²) in [5, 5.41) is 33.8. The number of anilines is 1. The van der Waals surface area contributed by atoms with Crippen LogP contribution in [0.5, 0.6) is 5.75 Å². The second-order valence-electron chi connectivity index (χ2n) is 9.60. The number of carbonyl (C=O) groups is 1. The molecule has 1 fully saturated rings. The molecule has 44 heavy (non-hydrogen) atoms. The first kappa shape index (κ1) is 33.7. The minimum Gasteiger partial charge on any atom is -0.454 e. The van der Waals surface area contributed by atoms with Crippen LogP contribution in [-0.4, -0.2) is 94.7 Å². The normalized spacial score (nSPS) is 29.2. The lowest BCUT2D eigenvalue weighted by Crippen LogP contribution is -2.55. The summed E-state index contributed by atoms with van der Waals surface area (Å²) < 4.78 is 52.1. The number of amides is 1. The lowest BCUT2D eigenvalue weighted by molar-refractivity contribution is -0.134. The van der Waals surface area contributed by atoms with E-state index in [0.29, 0.717) is 0 Å². The molecule has 242 valence electrons. The molecular weight excluding hydrogens is 634 g/mol. The average molecular weight is 664 g/mol. The van der Waals surface area contributed by atoms with Gasteiger partial charge in [-0.05, 0) is 24.3 Å². The Morgan fingerprint density at radius 2 is 1.82 bits per heavy atom. The van der Waals surface area contributed by atoms with E-state index in [1.54, 1.807) is 18.2 Å². The fourth-order valence-corrected chi connectivity index (χ4v) is 6.34. The maximum absolute atomic E-state index is 12.8. The number of aliphatic hydroxyl groups excluding tert-OH is 3. The summed E-state index contributed by atoms with van der Waals surface area (Å²) in [6.45, 7) is 0.171. The van der Waals surface area contributed by atoms with Crippen molar-refractivity contribution in [2.75, 3.05) is 12.3 Å². The van der Waals surface area contributed by atoms with Crippen molar-refractivity contribution in [1.29, 1.82) is 0 Å². The van der Waals surface area contributed by atoms with E-state index < -0.39 is 88.2 Å². The van der Waals surface area contributed by atoms with Crippen molar-refractivity contribution in [2.45, 2.75) is 55.7 Å². The number of benzene rings is 1. The first-order valence-electron chi connectivity index (χ1n) is 12.7. The molecule has 1 aromatic heterocycles. The van der Waals surface area contributed by atoms with Crippen molar-refractivity contribution in [3.8, 4) is 5.75 Å². The predicted octanol–water partition coefficient (Wildman–Crippen LogP) is -1.73. The van der Waals surface area contributed by atoms with Gasteiger partial charge in [0.1, 0.15) is 47.8 Å². The number of nitrogens with two attached hydrogens (primary N) is 1. The fourth-order valence-electron chi connectivity index (χ4n) is 4.26. The van der Waals surface area contributed by atoms with Gasteiger partial charge in [0.25, 0.3) is 6.29 Å². The van der Waals surface area contributed by atoms with Gasteiger partial charge in [-0.15, -0.1) is 0 Å². The van der Waals surface area contributed by atoms with Crippen LogP contribution < -0.4 is 21.5 Å². The molecular formula is C23H30N4O15P2. The van der Waals surface area contributed by atoms with Crippen LogP contribution in [0.25, 0.3) is 0 Å². The van der Waals surface area contributed by atoms with Crippen LogP contribution in [0, 0.1) is 0 Å². The van der Waals surface area contributed by atoms with E-state index in [2.05, 4.69) is 10.3 Å². The average Bonchev–Trinajstić information content (AvgIpc) is 3.21. The minimum absolute atomic E-state index is 0.120. The van der Waals surface area contributed by atoms with Gasteiger partial charge in [-0.1, -0.05) is 18.2 Å². The maximum Gasteiger partial charge on any atom is 0.473 e. The highest BCUT2D eigenvalue weighted by atomic mass is 31.2. The number of carbonyl (C=O) groups excluding carboxylic acids is 1. The van der Waals surface area contributed by atoms with Crippen LogP contribution in [-0.2, 0) is 32.4 Å². The van der Waals surface area contributed by atoms with Gasteiger partial charge < -0.3 is 55.3 Å². The van der Waals surface area contributed by atoms with E-state index in [1.165, 1.54) is 18.2 Å². The molecule has 1 aromatic carbocycles. The molecule has 2 aliphatic heterocycles. The number of phosphoric ester groups is 1. The third kappa shape index (κ3) is 8.09.